The minimum absolute atomic E-state index is 0.238. The molecular formula is C6H11NO3. The van der Waals surface area contributed by atoms with Crippen LogP contribution in [0.4, 0.5) is 0 Å². The van der Waals surface area contributed by atoms with Gasteiger partial charge in [0.2, 0.25) is 5.91 Å². The summed E-state index contributed by atoms with van der Waals surface area (Å²) in [6.45, 7) is 2.91. The third kappa shape index (κ3) is 3.06. The van der Waals surface area contributed by atoms with E-state index < -0.39 is 12.0 Å². The number of methoxy groups -OCH3 is 1. The lowest BCUT2D eigenvalue weighted by atomic mass is 10.3. The van der Waals surface area contributed by atoms with Crippen LogP contribution in [0.25, 0.3) is 0 Å². The lowest BCUT2D eigenvalue weighted by molar-refractivity contribution is -0.144. The van der Waals surface area contributed by atoms with Crippen molar-refractivity contribution in [3.8, 4) is 0 Å². The Balaban J connectivity index is 3.72. The first-order valence-corrected chi connectivity index (χ1v) is 2.93. The molecule has 4 heteroatoms. The molecule has 58 valence electrons. The maximum absolute atomic E-state index is 10.6. The van der Waals surface area contributed by atoms with E-state index in [1.807, 2.05) is 0 Å². The number of hydrogen-bond donors (Lipinski definition) is 1. The van der Waals surface area contributed by atoms with Crippen molar-refractivity contribution in [2.75, 3.05) is 7.11 Å². The number of nitrogens with one attached hydrogen (secondary N) is 1. The summed E-state index contributed by atoms with van der Waals surface area (Å²) < 4.78 is 4.36. The molecule has 0 saturated heterocycles. The average Bonchev–Trinajstić information content (AvgIpc) is 1.85. The van der Waals surface area contributed by atoms with Crippen LogP contribution in [0.1, 0.15) is 13.8 Å². The van der Waals surface area contributed by atoms with Crippen LogP contribution in [0.5, 0.6) is 0 Å². The molecule has 1 N–H and O–H groups in total. The first kappa shape index (κ1) is 8.94. The van der Waals surface area contributed by atoms with E-state index >= 15 is 0 Å². The first-order valence-electron chi connectivity index (χ1n) is 2.93. The second-order valence-corrected chi connectivity index (χ2v) is 1.95. The molecular weight excluding hydrogens is 134 g/mol. The van der Waals surface area contributed by atoms with Crippen LogP contribution in [-0.2, 0) is 14.3 Å². The van der Waals surface area contributed by atoms with E-state index in [4.69, 9.17) is 0 Å². The quantitative estimate of drug-likeness (QED) is 0.542. The van der Waals surface area contributed by atoms with E-state index in [-0.39, 0.29) is 5.91 Å². The van der Waals surface area contributed by atoms with Crippen molar-refractivity contribution in [1.29, 1.82) is 0 Å². The smallest absolute Gasteiger partial charge is 0.328 e. The molecule has 1 amide bonds. The second-order valence-electron chi connectivity index (χ2n) is 1.95. The van der Waals surface area contributed by atoms with E-state index in [2.05, 4.69) is 10.1 Å². The number of hydrogen-bond acceptors (Lipinski definition) is 3. The highest BCUT2D eigenvalue weighted by atomic mass is 16.5. The molecule has 0 spiro atoms. The number of esters is 1. The van der Waals surface area contributed by atoms with Crippen molar-refractivity contribution in [2.45, 2.75) is 19.9 Å². The fraction of sp³-hybridized carbons (Fsp3) is 0.667. The molecule has 0 heterocycles. The van der Waals surface area contributed by atoms with Gasteiger partial charge in [-0.1, -0.05) is 0 Å². The van der Waals surface area contributed by atoms with Crippen LogP contribution in [-0.4, -0.2) is 25.0 Å². The molecule has 1 unspecified atom stereocenters. The van der Waals surface area contributed by atoms with Crippen LogP contribution in [0.15, 0.2) is 0 Å². The van der Waals surface area contributed by atoms with Crippen LogP contribution in [0.2, 0.25) is 0 Å². The van der Waals surface area contributed by atoms with Crippen LogP contribution in [0, 0.1) is 0 Å². The Labute approximate surface area is 59.6 Å². The number of carbonyl (C=O) groups is 2. The molecule has 4 nitrogen and oxygen atoms in total. The molecule has 0 aromatic carbocycles. The molecule has 0 aromatic heterocycles. The normalized spacial score (nSPS) is 11.9. The van der Waals surface area contributed by atoms with Gasteiger partial charge in [-0.05, 0) is 6.92 Å². The highest BCUT2D eigenvalue weighted by Gasteiger charge is 2.12. The van der Waals surface area contributed by atoms with Crippen molar-refractivity contribution >= 4 is 11.9 Å². The summed E-state index contributed by atoms with van der Waals surface area (Å²) in [7, 11) is 1.28. The highest BCUT2D eigenvalue weighted by Crippen LogP contribution is 1.84. The number of ether oxygens (including phenoxy) is 1. The Morgan fingerprint density at radius 1 is 1.50 bits per heavy atom. The third-order valence-corrected chi connectivity index (χ3v) is 0.975. The van der Waals surface area contributed by atoms with E-state index in [0.717, 1.165) is 0 Å². The highest BCUT2D eigenvalue weighted by molar-refractivity contribution is 5.82. The van der Waals surface area contributed by atoms with Gasteiger partial charge in [0.15, 0.2) is 0 Å². The van der Waals surface area contributed by atoms with Gasteiger partial charge in [-0.25, -0.2) is 4.79 Å². The first-order chi connectivity index (χ1) is 4.57. The molecule has 0 bridgehead atoms. The van der Waals surface area contributed by atoms with E-state index in [1.54, 1.807) is 6.92 Å². The van der Waals surface area contributed by atoms with Crippen molar-refractivity contribution in [1.82, 2.24) is 5.32 Å². The Morgan fingerprint density at radius 2 is 2.00 bits per heavy atom. The largest absolute Gasteiger partial charge is 0.467 e. The van der Waals surface area contributed by atoms with Gasteiger partial charge in [0.25, 0.3) is 0 Å². The zero-order valence-corrected chi connectivity index (χ0v) is 6.30. The zero-order chi connectivity index (χ0) is 8.15. The summed E-state index contributed by atoms with van der Waals surface area (Å²) >= 11 is 0. The topological polar surface area (TPSA) is 55.4 Å². The summed E-state index contributed by atoms with van der Waals surface area (Å²) in [6.07, 6.45) is 0. The molecule has 0 aliphatic rings. The molecule has 0 rings (SSSR count). The number of carbonyl (C=O) groups excluding carboxylic acids is 2. The second kappa shape index (κ2) is 3.87. The Kier molecular flexibility index (Phi) is 3.46. The molecule has 0 saturated carbocycles. The van der Waals surface area contributed by atoms with Crippen molar-refractivity contribution in [2.24, 2.45) is 0 Å². The van der Waals surface area contributed by atoms with Crippen molar-refractivity contribution in [3.05, 3.63) is 0 Å². The van der Waals surface area contributed by atoms with Gasteiger partial charge in [0.1, 0.15) is 6.04 Å². The van der Waals surface area contributed by atoms with Gasteiger partial charge >= 0.3 is 5.97 Å². The fourth-order valence-corrected chi connectivity index (χ4v) is 0.541. The van der Waals surface area contributed by atoms with E-state index in [1.165, 1.54) is 14.0 Å². The molecule has 0 aromatic rings. The van der Waals surface area contributed by atoms with Gasteiger partial charge in [-0.2, -0.15) is 0 Å². The van der Waals surface area contributed by atoms with Crippen molar-refractivity contribution < 1.29 is 14.3 Å². The van der Waals surface area contributed by atoms with Crippen LogP contribution in [0.3, 0.4) is 0 Å². The van der Waals surface area contributed by atoms with E-state index in [0.29, 0.717) is 0 Å². The summed E-state index contributed by atoms with van der Waals surface area (Å²) in [5.74, 6) is -0.673. The molecule has 0 aliphatic carbocycles. The number of rotatable bonds is 2. The maximum atomic E-state index is 10.6. The standard InChI is InChI=1S/C6H11NO3/c1-4(6(9)10-3)7-5(2)8/h4H,1-3H3,(H,7,8). The van der Waals surface area contributed by atoms with Gasteiger partial charge in [-0.3, -0.25) is 4.79 Å². The lowest BCUT2D eigenvalue weighted by Gasteiger charge is -2.08. The minimum atomic E-state index is -0.553. The molecule has 0 radical (unpaired) electrons. The summed E-state index contributed by atoms with van der Waals surface area (Å²) in [5, 5.41) is 2.38. The molecule has 0 aliphatic heterocycles. The Hall–Kier alpha value is -1.06. The molecule has 10 heavy (non-hydrogen) atoms. The van der Waals surface area contributed by atoms with Gasteiger partial charge in [-0.15, -0.1) is 0 Å². The summed E-state index contributed by atoms with van der Waals surface area (Å²) in [5.41, 5.74) is 0. The Morgan fingerprint density at radius 3 is 2.30 bits per heavy atom. The van der Waals surface area contributed by atoms with Gasteiger partial charge in [0.05, 0.1) is 7.11 Å². The van der Waals surface area contributed by atoms with Crippen LogP contribution >= 0.6 is 0 Å². The monoisotopic (exact) mass is 145 g/mol. The molecule has 0 fully saturated rings. The van der Waals surface area contributed by atoms with Gasteiger partial charge in [0, 0.05) is 6.92 Å². The summed E-state index contributed by atoms with van der Waals surface area (Å²) in [6, 6.07) is -0.553. The average molecular weight is 145 g/mol. The predicted octanol–water partition coefficient (Wildman–Crippen LogP) is -0.316. The Bertz CT molecular complexity index is 144. The van der Waals surface area contributed by atoms with E-state index in [9.17, 15) is 9.59 Å². The lowest BCUT2D eigenvalue weighted by Crippen LogP contribution is -2.37. The molecule has 1 atom stereocenters. The fourth-order valence-electron chi connectivity index (χ4n) is 0.541. The zero-order valence-electron chi connectivity index (χ0n) is 6.30. The SMILES string of the molecule is COC(=O)C(C)NC(C)=O. The predicted molar refractivity (Wildman–Crippen MR) is 35.3 cm³/mol. The summed E-state index contributed by atoms with van der Waals surface area (Å²) in [4.78, 5) is 21.0. The third-order valence-electron chi connectivity index (χ3n) is 0.975. The van der Waals surface area contributed by atoms with Crippen LogP contribution < -0.4 is 5.32 Å². The van der Waals surface area contributed by atoms with Gasteiger partial charge < -0.3 is 10.1 Å². The maximum Gasteiger partial charge on any atom is 0.328 e. The number of amides is 1. The van der Waals surface area contributed by atoms with Crippen molar-refractivity contribution in [3.63, 3.8) is 0 Å². The minimum Gasteiger partial charge on any atom is -0.467 e.